The van der Waals surface area contributed by atoms with Gasteiger partial charge in [-0.25, -0.2) is 4.98 Å². The summed E-state index contributed by atoms with van der Waals surface area (Å²) in [6, 6.07) is 5.33. The highest BCUT2D eigenvalue weighted by molar-refractivity contribution is 9.10. The number of halogens is 1. The van der Waals surface area contributed by atoms with Crippen LogP contribution in [0.3, 0.4) is 0 Å². The average Bonchev–Trinajstić information content (AvgIpc) is 3.13. The van der Waals surface area contributed by atoms with E-state index in [1.54, 1.807) is 35.4 Å². The van der Waals surface area contributed by atoms with Gasteiger partial charge in [-0.1, -0.05) is 0 Å². The third-order valence-corrected chi connectivity index (χ3v) is 6.24. The Morgan fingerprint density at radius 2 is 1.97 bits per heavy atom. The molecule has 0 N–H and O–H groups in total. The van der Waals surface area contributed by atoms with E-state index in [-0.39, 0.29) is 11.5 Å². The molecule has 1 amide bonds. The fourth-order valence-corrected chi connectivity index (χ4v) is 4.50. The molecule has 154 valence electrons. The summed E-state index contributed by atoms with van der Waals surface area (Å²) in [5, 5.41) is 2.45. The number of aromatic nitrogens is 2. The molecule has 0 aliphatic carbocycles. The number of hydrogen-bond acceptors (Lipinski definition) is 6. The first-order chi connectivity index (χ1) is 13.9. The van der Waals surface area contributed by atoms with Crippen molar-refractivity contribution in [2.45, 2.75) is 25.9 Å². The third-order valence-electron chi connectivity index (χ3n) is 4.56. The number of methoxy groups -OCH3 is 2. The number of fused-ring (bicyclic) bond motifs is 1. The first kappa shape index (κ1) is 21.3. The average molecular weight is 480 g/mol. The van der Waals surface area contributed by atoms with Crippen LogP contribution in [0.1, 0.15) is 17.7 Å². The lowest BCUT2D eigenvalue weighted by Gasteiger charge is -2.16. The van der Waals surface area contributed by atoms with Gasteiger partial charge in [0.05, 0.1) is 38.0 Å². The van der Waals surface area contributed by atoms with Crippen molar-refractivity contribution in [3.05, 3.63) is 49.6 Å². The number of rotatable bonds is 8. The normalized spacial score (nSPS) is 10.9. The lowest BCUT2D eigenvalue weighted by Crippen LogP contribution is -2.26. The van der Waals surface area contributed by atoms with E-state index in [1.807, 2.05) is 11.4 Å². The monoisotopic (exact) mass is 479 g/mol. The number of benzene rings is 1. The summed E-state index contributed by atoms with van der Waals surface area (Å²) in [5.41, 5.74) is 0.377. The van der Waals surface area contributed by atoms with Crippen molar-refractivity contribution in [3.8, 4) is 11.5 Å². The van der Waals surface area contributed by atoms with Crippen LogP contribution in [0, 0.1) is 0 Å². The first-order valence-electron chi connectivity index (χ1n) is 9.01. The molecule has 0 fully saturated rings. The first-order valence-corrected chi connectivity index (χ1v) is 10.7. The molecule has 7 nitrogen and oxygen atoms in total. The molecule has 2 aromatic heterocycles. The van der Waals surface area contributed by atoms with Gasteiger partial charge in [-0.3, -0.25) is 14.2 Å². The highest BCUT2D eigenvalue weighted by atomic mass is 79.9. The largest absolute Gasteiger partial charge is 0.493 e. The second-order valence-electron chi connectivity index (χ2n) is 6.55. The number of carbonyl (C=O) groups excluding carboxylic acids is 1. The molecule has 0 bridgehead atoms. The summed E-state index contributed by atoms with van der Waals surface area (Å²) >= 11 is 5.03. The number of nitrogens with zero attached hydrogens (tertiary/aromatic N) is 3. The highest BCUT2D eigenvalue weighted by Crippen LogP contribution is 2.29. The van der Waals surface area contributed by atoms with Crippen molar-refractivity contribution in [3.63, 3.8) is 0 Å². The minimum atomic E-state index is -0.166. The van der Waals surface area contributed by atoms with Crippen LogP contribution in [0.2, 0.25) is 0 Å². The van der Waals surface area contributed by atoms with Crippen molar-refractivity contribution in [2.24, 2.45) is 0 Å². The Bertz CT molecular complexity index is 1080. The molecule has 3 aromatic rings. The van der Waals surface area contributed by atoms with Gasteiger partial charge in [0, 0.05) is 40.8 Å². The van der Waals surface area contributed by atoms with E-state index in [0.29, 0.717) is 48.3 Å². The molecule has 2 heterocycles. The zero-order valence-corrected chi connectivity index (χ0v) is 18.9. The van der Waals surface area contributed by atoms with E-state index in [0.717, 1.165) is 9.35 Å². The predicted octanol–water partition coefficient (Wildman–Crippen LogP) is 3.68. The topological polar surface area (TPSA) is 73.7 Å². The number of carbonyl (C=O) groups is 1. The molecule has 0 aliphatic rings. The fourth-order valence-electron chi connectivity index (χ4n) is 2.99. The molecule has 0 aliphatic heterocycles. The van der Waals surface area contributed by atoms with Gasteiger partial charge >= 0.3 is 0 Å². The highest BCUT2D eigenvalue weighted by Gasteiger charge is 2.13. The molecule has 29 heavy (non-hydrogen) atoms. The number of thiophene rings is 1. The van der Waals surface area contributed by atoms with E-state index < -0.39 is 0 Å². The number of ether oxygens (including phenoxy) is 2. The number of hydrogen-bond donors (Lipinski definition) is 0. The summed E-state index contributed by atoms with van der Waals surface area (Å²) in [4.78, 5) is 32.3. The van der Waals surface area contributed by atoms with E-state index in [4.69, 9.17) is 9.47 Å². The molecule has 0 radical (unpaired) electrons. The summed E-state index contributed by atoms with van der Waals surface area (Å²) in [7, 11) is 4.85. The zero-order valence-electron chi connectivity index (χ0n) is 16.5. The second kappa shape index (κ2) is 9.41. The van der Waals surface area contributed by atoms with Crippen LogP contribution in [0.15, 0.2) is 39.2 Å². The van der Waals surface area contributed by atoms with Crippen LogP contribution in [-0.2, 0) is 17.9 Å². The molecule has 9 heteroatoms. The quantitative estimate of drug-likeness (QED) is 0.492. The Hall–Kier alpha value is -2.39. The predicted molar refractivity (Wildman–Crippen MR) is 117 cm³/mol. The van der Waals surface area contributed by atoms with Crippen molar-refractivity contribution in [2.75, 3.05) is 21.3 Å². The maximum absolute atomic E-state index is 12.8. The minimum absolute atomic E-state index is 0.0442. The molecule has 1 aromatic carbocycles. The summed E-state index contributed by atoms with van der Waals surface area (Å²) in [5.74, 6) is 1.05. The van der Waals surface area contributed by atoms with Crippen molar-refractivity contribution >= 4 is 44.1 Å². The SMILES string of the molecule is COc1cc2ncn(CCCC(=O)N(C)Cc3cc(Br)cs3)c(=O)c2cc1OC. The standard InChI is InChI=1S/C20H22BrN3O4S/c1-23(10-14-7-13(21)11-29-14)19(25)5-4-6-24-12-22-16-9-18(28-3)17(27-2)8-15(16)20(24)26/h7-9,11-12H,4-6,10H2,1-3H3. The molecule has 0 saturated carbocycles. The Kier molecular flexibility index (Phi) is 6.92. The van der Waals surface area contributed by atoms with Gasteiger partial charge in [-0.05, 0) is 34.5 Å². The van der Waals surface area contributed by atoms with Crippen molar-refractivity contribution in [1.82, 2.24) is 14.5 Å². The van der Waals surface area contributed by atoms with Gasteiger partial charge < -0.3 is 14.4 Å². The van der Waals surface area contributed by atoms with Gasteiger partial charge in [0.2, 0.25) is 5.91 Å². The maximum Gasteiger partial charge on any atom is 0.261 e. The van der Waals surface area contributed by atoms with Crippen LogP contribution < -0.4 is 15.0 Å². The number of aryl methyl sites for hydroxylation is 1. The summed E-state index contributed by atoms with van der Waals surface area (Å²) < 4.78 is 13.1. The molecule has 3 rings (SSSR count). The summed E-state index contributed by atoms with van der Waals surface area (Å²) in [6.07, 6.45) is 2.42. The lowest BCUT2D eigenvalue weighted by atomic mass is 10.2. The van der Waals surface area contributed by atoms with Crippen LogP contribution in [-0.4, -0.2) is 41.6 Å². The third kappa shape index (κ3) is 4.97. The van der Waals surface area contributed by atoms with Crippen LogP contribution in [0.5, 0.6) is 11.5 Å². The van der Waals surface area contributed by atoms with Gasteiger partial charge in [-0.2, -0.15) is 0 Å². The molecular formula is C20H22BrN3O4S. The van der Waals surface area contributed by atoms with Crippen molar-refractivity contribution in [1.29, 1.82) is 0 Å². The minimum Gasteiger partial charge on any atom is -0.493 e. The maximum atomic E-state index is 12.8. The van der Waals surface area contributed by atoms with Gasteiger partial charge in [0.1, 0.15) is 0 Å². The zero-order chi connectivity index (χ0) is 21.0. The molecule has 0 spiro atoms. The van der Waals surface area contributed by atoms with E-state index in [2.05, 4.69) is 20.9 Å². The summed E-state index contributed by atoms with van der Waals surface area (Å²) in [6.45, 7) is 0.994. The Labute approximate surface area is 181 Å². The molecule has 0 unspecified atom stereocenters. The van der Waals surface area contributed by atoms with E-state index in [9.17, 15) is 9.59 Å². The van der Waals surface area contributed by atoms with Crippen LogP contribution >= 0.6 is 27.3 Å². The van der Waals surface area contributed by atoms with Gasteiger partial charge in [-0.15, -0.1) is 11.3 Å². The van der Waals surface area contributed by atoms with Gasteiger partial charge in [0.15, 0.2) is 11.5 Å². The molecule has 0 atom stereocenters. The Balaban J connectivity index is 1.65. The second-order valence-corrected chi connectivity index (χ2v) is 8.46. The van der Waals surface area contributed by atoms with Gasteiger partial charge in [0.25, 0.3) is 5.56 Å². The van der Waals surface area contributed by atoms with Crippen LogP contribution in [0.25, 0.3) is 10.9 Å². The van der Waals surface area contributed by atoms with E-state index >= 15 is 0 Å². The fraction of sp³-hybridized carbons (Fsp3) is 0.350. The molecule has 0 saturated heterocycles. The Morgan fingerprint density at radius 3 is 2.62 bits per heavy atom. The molecular weight excluding hydrogens is 458 g/mol. The lowest BCUT2D eigenvalue weighted by molar-refractivity contribution is -0.130. The smallest absolute Gasteiger partial charge is 0.261 e. The van der Waals surface area contributed by atoms with Crippen molar-refractivity contribution < 1.29 is 14.3 Å². The number of amides is 1. The Morgan fingerprint density at radius 1 is 1.24 bits per heavy atom. The van der Waals surface area contributed by atoms with Crippen LogP contribution in [0.4, 0.5) is 0 Å². The van der Waals surface area contributed by atoms with E-state index in [1.165, 1.54) is 25.1 Å².